The van der Waals surface area contributed by atoms with Crippen molar-refractivity contribution in [3.63, 3.8) is 0 Å². The largest absolute Gasteiger partial charge is 0.192 e. The smallest absolute Gasteiger partial charge is 0.0991 e. The van der Waals surface area contributed by atoms with E-state index in [-0.39, 0.29) is 5.38 Å². The maximum absolute atomic E-state index is 8.48. The van der Waals surface area contributed by atoms with E-state index in [1.807, 2.05) is 19.1 Å². The number of rotatable bonds is 4. The summed E-state index contributed by atoms with van der Waals surface area (Å²) in [5, 5.41) is 12.7. The molecule has 1 unspecified atom stereocenters. The van der Waals surface area contributed by atoms with Crippen molar-refractivity contribution in [2.45, 2.75) is 12.3 Å². The Morgan fingerprint density at radius 3 is 1.30 bits per heavy atom. The summed E-state index contributed by atoms with van der Waals surface area (Å²) in [5.74, 6) is 0. The second kappa shape index (κ2) is 11.3. The SMILES string of the molecule is CC(Cl)c1ccc(C#N)cc1.c1ccc(P(c2ccccc2)c2ccccc2)cc1. The first-order chi connectivity index (χ1) is 14.7. The van der Waals surface area contributed by atoms with E-state index >= 15 is 0 Å². The Morgan fingerprint density at radius 2 is 1.00 bits per heavy atom. The third-order valence-electron chi connectivity index (χ3n) is 4.54. The molecule has 0 aromatic heterocycles. The van der Waals surface area contributed by atoms with Crippen molar-refractivity contribution in [1.29, 1.82) is 5.26 Å². The molecule has 0 saturated heterocycles. The summed E-state index contributed by atoms with van der Waals surface area (Å²) in [4.78, 5) is 0. The molecule has 3 heteroatoms. The van der Waals surface area contributed by atoms with Gasteiger partial charge in [0.05, 0.1) is 17.0 Å². The van der Waals surface area contributed by atoms with Crippen LogP contribution in [0.15, 0.2) is 115 Å². The van der Waals surface area contributed by atoms with Crippen LogP contribution in [0, 0.1) is 11.3 Å². The van der Waals surface area contributed by atoms with Gasteiger partial charge in [-0.2, -0.15) is 5.26 Å². The van der Waals surface area contributed by atoms with Crippen molar-refractivity contribution in [2.24, 2.45) is 0 Å². The average molecular weight is 428 g/mol. The molecular formula is C27H23ClNP. The summed E-state index contributed by atoms with van der Waals surface area (Å²) in [6.45, 7) is 1.91. The predicted octanol–water partition coefficient (Wildman–Crippen LogP) is 6.30. The van der Waals surface area contributed by atoms with Crippen molar-refractivity contribution in [2.75, 3.05) is 0 Å². The topological polar surface area (TPSA) is 23.8 Å². The maximum Gasteiger partial charge on any atom is 0.0991 e. The first-order valence-electron chi connectivity index (χ1n) is 9.78. The second-order valence-electron chi connectivity index (χ2n) is 6.69. The fraction of sp³-hybridized carbons (Fsp3) is 0.0741. The molecule has 1 nitrogen and oxygen atoms in total. The summed E-state index contributed by atoms with van der Waals surface area (Å²) in [6, 6.07) is 41.7. The highest BCUT2D eigenvalue weighted by atomic mass is 35.5. The van der Waals surface area contributed by atoms with E-state index < -0.39 is 7.92 Å². The minimum atomic E-state index is -0.446. The summed E-state index contributed by atoms with van der Waals surface area (Å²) >= 11 is 5.82. The Bertz CT molecular complexity index is 963. The van der Waals surface area contributed by atoms with Crippen molar-refractivity contribution in [1.82, 2.24) is 0 Å². The molecule has 0 amide bonds. The van der Waals surface area contributed by atoms with Crippen LogP contribution in [0.1, 0.15) is 23.4 Å². The van der Waals surface area contributed by atoms with E-state index in [9.17, 15) is 0 Å². The average Bonchev–Trinajstić information content (AvgIpc) is 2.82. The van der Waals surface area contributed by atoms with Gasteiger partial charge in [0.1, 0.15) is 0 Å². The first kappa shape index (κ1) is 21.8. The van der Waals surface area contributed by atoms with Crippen LogP contribution in [0.3, 0.4) is 0 Å². The molecule has 0 bridgehead atoms. The lowest BCUT2D eigenvalue weighted by molar-refractivity contribution is 1.08. The van der Waals surface area contributed by atoms with E-state index in [1.54, 1.807) is 12.1 Å². The van der Waals surface area contributed by atoms with Crippen LogP contribution in [-0.2, 0) is 0 Å². The Morgan fingerprint density at radius 1 is 0.633 bits per heavy atom. The molecule has 0 heterocycles. The molecule has 0 radical (unpaired) electrons. The molecule has 1 atom stereocenters. The fourth-order valence-corrected chi connectivity index (χ4v) is 5.45. The Balaban J connectivity index is 0.000000199. The summed E-state index contributed by atoms with van der Waals surface area (Å²) in [7, 11) is -0.446. The molecule has 30 heavy (non-hydrogen) atoms. The van der Waals surface area contributed by atoms with Gasteiger partial charge in [0.25, 0.3) is 0 Å². The van der Waals surface area contributed by atoms with Crippen LogP contribution in [0.2, 0.25) is 0 Å². The van der Waals surface area contributed by atoms with Gasteiger partial charge in [-0.3, -0.25) is 0 Å². The van der Waals surface area contributed by atoms with Gasteiger partial charge in [-0.1, -0.05) is 103 Å². The van der Waals surface area contributed by atoms with Gasteiger partial charge < -0.3 is 0 Å². The number of halogens is 1. The van der Waals surface area contributed by atoms with E-state index in [2.05, 4.69) is 97.1 Å². The van der Waals surface area contributed by atoms with Gasteiger partial charge >= 0.3 is 0 Å². The van der Waals surface area contributed by atoms with Crippen molar-refractivity contribution >= 4 is 35.4 Å². The zero-order valence-electron chi connectivity index (χ0n) is 16.8. The van der Waals surface area contributed by atoms with Gasteiger partial charge in [-0.15, -0.1) is 11.6 Å². The molecule has 0 aliphatic rings. The molecule has 0 fully saturated rings. The van der Waals surface area contributed by atoms with E-state index in [1.165, 1.54) is 15.9 Å². The van der Waals surface area contributed by atoms with E-state index in [0.717, 1.165) is 5.56 Å². The van der Waals surface area contributed by atoms with Gasteiger partial charge in [0.2, 0.25) is 0 Å². The molecule has 0 saturated carbocycles. The van der Waals surface area contributed by atoms with Crippen LogP contribution in [0.4, 0.5) is 0 Å². The standard InChI is InChI=1S/C18H15P.C9H8ClN/c1-4-10-16(11-5-1)19(17-12-6-2-7-13-17)18-14-8-3-9-15-18;1-7(10)9-4-2-8(6-11)3-5-9/h1-15H;2-5,7H,1H3. The third kappa shape index (κ3) is 6.04. The Hall–Kier alpha value is -2.91. The lowest BCUT2D eigenvalue weighted by atomic mass is 10.1. The normalized spacial score (nSPS) is 11.1. The predicted molar refractivity (Wildman–Crippen MR) is 131 cm³/mol. The Labute approximate surface area is 185 Å². The first-order valence-corrected chi connectivity index (χ1v) is 11.6. The molecule has 0 spiro atoms. The van der Waals surface area contributed by atoms with Crippen molar-refractivity contribution < 1.29 is 0 Å². The zero-order valence-corrected chi connectivity index (χ0v) is 18.5. The van der Waals surface area contributed by atoms with Crippen LogP contribution >= 0.6 is 19.5 Å². The molecule has 4 rings (SSSR count). The van der Waals surface area contributed by atoms with E-state index in [4.69, 9.17) is 16.9 Å². The summed E-state index contributed by atoms with van der Waals surface area (Å²) in [6.07, 6.45) is 0. The number of alkyl halides is 1. The highest BCUT2D eigenvalue weighted by molar-refractivity contribution is 7.79. The molecule has 4 aromatic rings. The summed E-state index contributed by atoms with van der Waals surface area (Å²) < 4.78 is 0. The van der Waals surface area contributed by atoms with Crippen molar-refractivity contribution in [3.8, 4) is 6.07 Å². The van der Waals surface area contributed by atoms with Crippen LogP contribution in [0.5, 0.6) is 0 Å². The number of benzene rings is 4. The molecule has 0 aliphatic carbocycles. The highest BCUT2D eigenvalue weighted by Gasteiger charge is 2.14. The monoisotopic (exact) mass is 427 g/mol. The fourth-order valence-electron chi connectivity index (χ4n) is 3.00. The molecule has 4 aromatic carbocycles. The van der Waals surface area contributed by atoms with Gasteiger partial charge in [-0.25, -0.2) is 0 Å². The lowest BCUT2D eigenvalue weighted by Crippen LogP contribution is -2.20. The van der Waals surface area contributed by atoms with Gasteiger partial charge in [0, 0.05) is 0 Å². The Kier molecular flexibility index (Phi) is 8.22. The third-order valence-corrected chi connectivity index (χ3v) is 7.24. The number of hydrogen-bond acceptors (Lipinski definition) is 1. The highest BCUT2D eigenvalue weighted by Crippen LogP contribution is 2.32. The van der Waals surface area contributed by atoms with Crippen LogP contribution in [0.25, 0.3) is 0 Å². The maximum atomic E-state index is 8.48. The number of hydrogen-bond donors (Lipinski definition) is 0. The summed E-state index contributed by atoms with van der Waals surface area (Å²) in [5.41, 5.74) is 1.72. The quantitative estimate of drug-likeness (QED) is 0.277. The van der Waals surface area contributed by atoms with Gasteiger partial charge in [-0.05, 0) is 48.5 Å². The zero-order chi connectivity index (χ0) is 21.2. The minimum Gasteiger partial charge on any atom is -0.192 e. The number of nitriles is 1. The number of nitrogens with zero attached hydrogens (tertiary/aromatic N) is 1. The molecule has 0 aliphatic heterocycles. The van der Waals surface area contributed by atoms with Crippen LogP contribution in [-0.4, -0.2) is 0 Å². The van der Waals surface area contributed by atoms with Crippen LogP contribution < -0.4 is 15.9 Å². The van der Waals surface area contributed by atoms with E-state index in [0.29, 0.717) is 5.56 Å². The minimum absolute atomic E-state index is 0.0164. The molecule has 0 N–H and O–H groups in total. The van der Waals surface area contributed by atoms with Crippen molar-refractivity contribution in [3.05, 3.63) is 126 Å². The van der Waals surface area contributed by atoms with Gasteiger partial charge in [0.15, 0.2) is 0 Å². The molecule has 148 valence electrons. The molecular weight excluding hydrogens is 405 g/mol. The lowest BCUT2D eigenvalue weighted by Gasteiger charge is -2.18. The second-order valence-corrected chi connectivity index (χ2v) is 9.57.